The van der Waals surface area contributed by atoms with Crippen LogP contribution >= 0.6 is 11.6 Å². The van der Waals surface area contributed by atoms with Gasteiger partial charge in [0.05, 0.1) is 17.8 Å². The number of nitrogens with zero attached hydrogens (tertiary/aromatic N) is 3. The fraction of sp³-hybridized carbons (Fsp3) is 0.429. The van der Waals surface area contributed by atoms with Crippen LogP contribution in [0.2, 0.25) is 5.02 Å². The highest BCUT2D eigenvalue weighted by molar-refractivity contribution is 6.31. The molecule has 0 spiro atoms. The number of rotatable bonds is 7. The predicted molar refractivity (Wildman–Crippen MR) is 116 cm³/mol. The Hall–Kier alpha value is -2.78. The SMILES string of the molecule is COCCNC(=O)[C@H]1CCC[C@@H](Nc2nc(-c3c[nH]c4ncc(Cl)cc34)ncc2F)C1. The Kier molecular flexibility index (Phi) is 6.62. The van der Waals surface area contributed by atoms with E-state index in [-0.39, 0.29) is 23.7 Å². The second-order valence-electron chi connectivity index (χ2n) is 7.63. The second-order valence-corrected chi connectivity index (χ2v) is 8.07. The van der Waals surface area contributed by atoms with Gasteiger partial charge in [-0.15, -0.1) is 0 Å². The molecule has 1 fully saturated rings. The van der Waals surface area contributed by atoms with Crippen LogP contribution in [0.4, 0.5) is 10.2 Å². The second kappa shape index (κ2) is 9.57. The Morgan fingerprint density at radius 2 is 2.23 bits per heavy atom. The lowest BCUT2D eigenvalue weighted by molar-refractivity contribution is -0.126. The molecule has 3 heterocycles. The highest BCUT2D eigenvalue weighted by atomic mass is 35.5. The van der Waals surface area contributed by atoms with Crippen molar-refractivity contribution in [1.29, 1.82) is 0 Å². The van der Waals surface area contributed by atoms with E-state index in [9.17, 15) is 9.18 Å². The molecule has 3 aromatic rings. The third-order valence-corrected chi connectivity index (χ3v) is 5.68. The Labute approximate surface area is 184 Å². The number of halogens is 2. The molecule has 0 unspecified atom stereocenters. The number of pyridine rings is 1. The quantitative estimate of drug-likeness (QED) is 0.479. The van der Waals surface area contributed by atoms with E-state index in [1.807, 2.05) is 0 Å². The van der Waals surface area contributed by atoms with E-state index in [1.54, 1.807) is 25.6 Å². The number of carbonyl (C=O) groups is 1. The summed E-state index contributed by atoms with van der Waals surface area (Å²) in [5.74, 6) is -0.153. The minimum absolute atomic E-state index is 0.00979. The van der Waals surface area contributed by atoms with Gasteiger partial charge in [0.1, 0.15) is 5.65 Å². The molecule has 1 saturated carbocycles. The van der Waals surface area contributed by atoms with E-state index in [1.165, 1.54) is 0 Å². The van der Waals surface area contributed by atoms with E-state index in [2.05, 4.69) is 30.6 Å². The molecular formula is C21H24ClFN6O2. The summed E-state index contributed by atoms with van der Waals surface area (Å²) in [7, 11) is 1.60. The lowest BCUT2D eigenvalue weighted by atomic mass is 9.85. The van der Waals surface area contributed by atoms with Crippen molar-refractivity contribution >= 4 is 34.4 Å². The molecule has 0 aliphatic heterocycles. The molecule has 0 bridgehead atoms. The maximum Gasteiger partial charge on any atom is 0.223 e. The van der Waals surface area contributed by atoms with Gasteiger partial charge in [-0.2, -0.15) is 0 Å². The lowest BCUT2D eigenvalue weighted by Gasteiger charge is -2.29. The third kappa shape index (κ3) is 4.94. The van der Waals surface area contributed by atoms with Gasteiger partial charge in [-0.3, -0.25) is 4.79 Å². The zero-order valence-electron chi connectivity index (χ0n) is 17.1. The van der Waals surface area contributed by atoms with Crippen molar-refractivity contribution < 1.29 is 13.9 Å². The van der Waals surface area contributed by atoms with Crippen LogP contribution in [0.5, 0.6) is 0 Å². The summed E-state index contributed by atoms with van der Waals surface area (Å²) >= 11 is 6.07. The van der Waals surface area contributed by atoms with E-state index < -0.39 is 5.82 Å². The van der Waals surface area contributed by atoms with Gasteiger partial charge in [0.25, 0.3) is 0 Å². The third-order valence-electron chi connectivity index (χ3n) is 5.47. The molecule has 3 aromatic heterocycles. The minimum Gasteiger partial charge on any atom is -0.383 e. The Morgan fingerprint density at radius 1 is 1.35 bits per heavy atom. The normalized spacial score (nSPS) is 18.8. The maximum atomic E-state index is 14.5. The molecule has 2 atom stereocenters. The fourth-order valence-corrected chi connectivity index (χ4v) is 4.09. The number of carbonyl (C=O) groups excluding carboxylic acids is 1. The van der Waals surface area contributed by atoms with Gasteiger partial charge in [-0.1, -0.05) is 18.0 Å². The number of anilines is 1. The summed E-state index contributed by atoms with van der Waals surface area (Å²) in [6.07, 6.45) is 7.58. The first-order valence-corrected chi connectivity index (χ1v) is 10.6. The van der Waals surface area contributed by atoms with Crippen LogP contribution in [0, 0.1) is 11.7 Å². The highest BCUT2D eigenvalue weighted by Gasteiger charge is 2.28. The average molecular weight is 447 g/mol. The van der Waals surface area contributed by atoms with Gasteiger partial charge in [0.15, 0.2) is 17.5 Å². The van der Waals surface area contributed by atoms with Crippen molar-refractivity contribution in [2.75, 3.05) is 25.6 Å². The summed E-state index contributed by atoms with van der Waals surface area (Å²) in [4.78, 5) is 28.2. The molecule has 31 heavy (non-hydrogen) atoms. The van der Waals surface area contributed by atoms with Gasteiger partial charge in [-0.25, -0.2) is 19.3 Å². The zero-order chi connectivity index (χ0) is 21.8. The molecule has 0 aromatic carbocycles. The summed E-state index contributed by atoms with van der Waals surface area (Å²) < 4.78 is 19.5. The zero-order valence-corrected chi connectivity index (χ0v) is 17.9. The predicted octanol–water partition coefficient (Wildman–Crippen LogP) is 3.55. The molecule has 1 aliphatic carbocycles. The van der Waals surface area contributed by atoms with Crippen LogP contribution < -0.4 is 10.6 Å². The smallest absolute Gasteiger partial charge is 0.223 e. The molecule has 8 nitrogen and oxygen atoms in total. The number of aromatic nitrogens is 4. The van der Waals surface area contributed by atoms with E-state index in [0.29, 0.717) is 41.6 Å². The van der Waals surface area contributed by atoms with Crippen LogP contribution in [-0.2, 0) is 9.53 Å². The number of aromatic amines is 1. The summed E-state index contributed by atoms with van der Waals surface area (Å²) in [6.45, 7) is 0.959. The first-order valence-electron chi connectivity index (χ1n) is 10.2. The van der Waals surface area contributed by atoms with Gasteiger partial charge in [0, 0.05) is 49.0 Å². The minimum atomic E-state index is -0.536. The van der Waals surface area contributed by atoms with Crippen LogP contribution in [0.15, 0.2) is 24.7 Å². The first-order chi connectivity index (χ1) is 15.0. The Morgan fingerprint density at radius 3 is 3.06 bits per heavy atom. The van der Waals surface area contributed by atoms with E-state index >= 15 is 0 Å². The molecule has 1 amide bonds. The molecule has 1 aliphatic rings. The number of amides is 1. The van der Waals surface area contributed by atoms with Crippen molar-refractivity contribution in [3.8, 4) is 11.4 Å². The van der Waals surface area contributed by atoms with Crippen molar-refractivity contribution in [3.05, 3.63) is 35.5 Å². The van der Waals surface area contributed by atoms with Crippen LogP contribution in [0.25, 0.3) is 22.4 Å². The average Bonchev–Trinajstić information content (AvgIpc) is 3.18. The first kappa shape index (κ1) is 21.5. The number of ether oxygens (including phenoxy) is 1. The number of methoxy groups -OCH3 is 1. The topological polar surface area (TPSA) is 105 Å². The van der Waals surface area contributed by atoms with Gasteiger partial charge < -0.3 is 20.4 Å². The van der Waals surface area contributed by atoms with Gasteiger partial charge in [-0.05, 0) is 25.3 Å². The molecule has 4 rings (SSSR count). The molecule has 0 saturated heterocycles. The van der Waals surface area contributed by atoms with E-state index in [0.717, 1.165) is 30.8 Å². The monoisotopic (exact) mass is 446 g/mol. The number of fused-ring (bicyclic) bond motifs is 1. The van der Waals surface area contributed by atoms with E-state index in [4.69, 9.17) is 16.3 Å². The van der Waals surface area contributed by atoms with Crippen LogP contribution in [0.3, 0.4) is 0 Å². The highest BCUT2D eigenvalue weighted by Crippen LogP contribution is 2.30. The number of hydrogen-bond donors (Lipinski definition) is 3. The molecule has 0 radical (unpaired) electrons. The summed E-state index contributed by atoms with van der Waals surface area (Å²) in [5, 5.41) is 7.32. The molecule has 10 heteroatoms. The number of hydrogen-bond acceptors (Lipinski definition) is 6. The standard InChI is InChI=1S/C21H24ClFN6O2/c1-31-6-5-24-21(30)12-3-2-4-14(7-12)28-20-17(23)11-27-19(29-20)16-10-26-18-15(16)8-13(22)9-25-18/h8-12,14H,2-7H2,1H3,(H,24,30)(H,25,26)(H,27,28,29)/t12-,14+/m0/s1. The summed E-state index contributed by atoms with van der Waals surface area (Å²) in [5.41, 5.74) is 1.34. The largest absolute Gasteiger partial charge is 0.383 e. The Bertz CT molecular complexity index is 1080. The molecule has 3 N–H and O–H groups in total. The maximum absolute atomic E-state index is 14.5. The summed E-state index contributed by atoms with van der Waals surface area (Å²) in [6, 6.07) is 1.71. The lowest BCUT2D eigenvalue weighted by Crippen LogP contribution is -2.38. The van der Waals surface area contributed by atoms with Crippen molar-refractivity contribution in [2.45, 2.75) is 31.7 Å². The van der Waals surface area contributed by atoms with Crippen molar-refractivity contribution in [3.63, 3.8) is 0 Å². The van der Waals surface area contributed by atoms with Gasteiger partial charge in [0.2, 0.25) is 5.91 Å². The van der Waals surface area contributed by atoms with Crippen LogP contribution in [-0.4, -0.2) is 52.1 Å². The molecular weight excluding hydrogens is 423 g/mol. The van der Waals surface area contributed by atoms with Gasteiger partial charge >= 0.3 is 0 Å². The molecule has 164 valence electrons. The van der Waals surface area contributed by atoms with Crippen molar-refractivity contribution in [2.24, 2.45) is 5.92 Å². The fourth-order valence-electron chi connectivity index (χ4n) is 3.93. The van der Waals surface area contributed by atoms with Crippen LogP contribution in [0.1, 0.15) is 25.7 Å². The number of nitrogens with one attached hydrogen (secondary N) is 3. The Balaban J connectivity index is 1.50. The van der Waals surface area contributed by atoms with Crippen molar-refractivity contribution in [1.82, 2.24) is 25.3 Å². The number of H-pyrrole nitrogens is 1.